The molecule has 1 unspecified atom stereocenters. The Morgan fingerprint density at radius 3 is 2.50 bits per heavy atom. The molecule has 92 valence electrons. The van der Waals surface area contributed by atoms with Gasteiger partial charge in [-0.1, -0.05) is 36.4 Å². The molecule has 18 heavy (non-hydrogen) atoms. The third-order valence-electron chi connectivity index (χ3n) is 4.03. The fraction of sp³-hybridized carbons (Fsp3) is 0.312. The minimum Gasteiger partial charge on any atom is -0.327 e. The third-order valence-corrected chi connectivity index (χ3v) is 4.03. The second kappa shape index (κ2) is 4.54. The molecular formula is C16H18N2. The third kappa shape index (κ3) is 2.04. The van der Waals surface area contributed by atoms with Gasteiger partial charge in [0.25, 0.3) is 0 Å². The van der Waals surface area contributed by atoms with Crippen LogP contribution in [0.3, 0.4) is 0 Å². The first kappa shape index (κ1) is 11.4. The predicted molar refractivity (Wildman–Crippen MR) is 73.3 cm³/mol. The van der Waals surface area contributed by atoms with Crippen LogP contribution in [0.5, 0.6) is 0 Å². The van der Waals surface area contributed by atoms with Gasteiger partial charge >= 0.3 is 0 Å². The molecule has 1 aromatic carbocycles. The monoisotopic (exact) mass is 238 g/mol. The van der Waals surface area contributed by atoms with Crippen molar-refractivity contribution in [1.82, 2.24) is 4.98 Å². The maximum Gasteiger partial charge on any atom is 0.0300 e. The Balaban J connectivity index is 1.79. The van der Waals surface area contributed by atoms with E-state index in [4.69, 9.17) is 5.73 Å². The highest BCUT2D eigenvalue weighted by Crippen LogP contribution is 2.50. The van der Waals surface area contributed by atoms with E-state index in [1.807, 2.05) is 12.3 Å². The first-order valence-corrected chi connectivity index (χ1v) is 6.51. The Morgan fingerprint density at radius 2 is 1.89 bits per heavy atom. The van der Waals surface area contributed by atoms with Crippen molar-refractivity contribution in [2.24, 2.45) is 5.73 Å². The summed E-state index contributed by atoms with van der Waals surface area (Å²) in [4.78, 5) is 4.16. The van der Waals surface area contributed by atoms with Gasteiger partial charge in [0, 0.05) is 23.9 Å². The molecule has 3 rings (SSSR count). The number of aromatic nitrogens is 1. The van der Waals surface area contributed by atoms with Crippen molar-refractivity contribution in [2.75, 3.05) is 0 Å². The molecule has 0 bridgehead atoms. The molecule has 1 aliphatic rings. The normalized spacial score (nSPS) is 18.3. The van der Waals surface area contributed by atoms with Gasteiger partial charge in [0.05, 0.1) is 0 Å². The first-order chi connectivity index (χ1) is 8.81. The minimum atomic E-state index is 0.184. The number of nitrogens with two attached hydrogens (primary N) is 1. The molecule has 2 N–H and O–H groups in total. The predicted octanol–water partition coefficient (Wildman–Crippen LogP) is 2.68. The van der Waals surface area contributed by atoms with Gasteiger partial charge in [0.2, 0.25) is 0 Å². The number of hydrogen-bond acceptors (Lipinski definition) is 2. The van der Waals surface area contributed by atoms with Crippen LogP contribution in [0, 0.1) is 0 Å². The summed E-state index contributed by atoms with van der Waals surface area (Å²) < 4.78 is 0. The number of hydrogen-bond donors (Lipinski definition) is 1. The molecule has 2 aromatic rings. The van der Waals surface area contributed by atoms with Crippen LogP contribution in [0.15, 0.2) is 54.9 Å². The van der Waals surface area contributed by atoms with Gasteiger partial charge in [0.15, 0.2) is 0 Å². The van der Waals surface area contributed by atoms with E-state index in [0.717, 1.165) is 6.42 Å². The Bertz CT molecular complexity index is 503. The van der Waals surface area contributed by atoms with Gasteiger partial charge in [-0.25, -0.2) is 0 Å². The molecule has 2 nitrogen and oxygen atoms in total. The summed E-state index contributed by atoms with van der Waals surface area (Å²) >= 11 is 0. The minimum absolute atomic E-state index is 0.184. The van der Waals surface area contributed by atoms with Gasteiger partial charge in [-0.2, -0.15) is 0 Å². The summed E-state index contributed by atoms with van der Waals surface area (Å²) in [6.07, 6.45) is 7.04. The van der Waals surface area contributed by atoms with Crippen LogP contribution in [-0.4, -0.2) is 11.0 Å². The van der Waals surface area contributed by atoms with E-state index >= 15 is 0 Å². The van der Waals surface area contributed by atoms with Crippen molar-refractivity contribution in [3.8, 4) is 0 Å². The van der Waals surface area contributed by atoms with Crippen molar-refractivity contribution >= 4 is 0 Å². The van der Waals surface area contributed by atoms with Crippen LogP contribution in [0.2, 0.25) is 0 Å². The summed E-state index contributed by atoms with van der Waals surface area (Å²) in [5, 5.41) is 0. The van der Waals surface area contributed by atoms with E-state index in [-0.39, 0.29) is 11.5 Å². The number of nitrogens with zero attached hydrogens (tertiary/aromatic N) is 1. The van der Waals surface area contributed by atoms with Crippen LogP contribution < -0.4 is 5.73 Å². The fourth-order valence-electron chi connectivity index (χ4n) is 2.75. The smallest absolute Gasteiger partial charge is 0.0300 e. The Morgan fingerprint density at radius 1 is 1.11 bits per heavy atom. The molecule has 1 atom stereocenters. The Hall–Kier alpha value is -1.67. The van der Waals surface area contributed by atoms with Crippen LogP contribution in [0.1, 0.15) is 24.0 Å². The summed E-state index contributed by atoms with van der Waals surface area (Å²) in [6, 6.07) is 14.9. The lowest BCUT2D eigenvalue weighted by Crippen LogP contribution is -2.36. The zero-order valence-electron chi connectivity index (χ0n) is 10.4. The van der Waals surface area contributed by atoms with E-state index in [9.17, 15) is 0 Å². The largest absolute Gasteiger partial charge is 0.327 e. The van der Waals surface area contributed by atoms with Gasteiger partial charge in [0.1, 0.15) is 0 Å². The molecule has 1 fully saturated rings. The summed E-state index contributed by atoms with van der Waals surface area (Å²) in [7, 11) is 0. The average Bonchev–Trinajstić information content (AvgIpc) is 3.22. The maximum absolute atomic E-state index is 6.45. The molecule has 1 heterocycles. The lowest BCUT2D eigenvalue weighted by atomic mass is 9.85. The van der Waals surface area contributed by atoms with Crippen LogP contribution in [-0.2, 0) is 11.8 Å². The zero-order chi connectivity index (χ0) is 12.4. The number of rotatable bonds is 4. The zero-order valence-corrected chi connectivity index (χ0v) is 10.4. The SMILES string of the molecule is NC(Cc1cccnc1)C1(c2ccccc2)CC1. The highest BCUT2D eigenvalue weighted by Gasteiger charge is 2.48. The lowest BCUT2D eigenvalue weighted by molar-refractivity contribution is 0.513. The molecule has 0 aliphatic heterocycles. The molecule has 0 saturated heterocycles. The van der Waals surface area contributed by atoms with Crippen LogP contribution >= 0.6 is 0 Å². The van der Waals surface area contributed by atoms with Gasteiger partial charge in [-0.3, -0.25) is 4.98 Å². The molecule has 1 aromatic heterocycles. The topological polar surface area (TPSA) is 38.9 Å². The fourth-order valence-corrected chi connectivity index (χ4v) is 2.75. The summed E-state index contributed by atoms with van der Waals surface area (Å²) in [6.45, 7) is 0. The molecule has 1 aliphatic carbocycles. The Kier molecular flexibility index (Phi) is 2.88. The van der Waals surface area contributed by atoms with Gasteiger partial charge in [-0.05, 0) is 36.5 Å². The highest BCUT2D eigenvalue weighted by molar-refractivity contribution is 5.34. The number of pyridine rings is 1. The molecular weight excluding hydrogens is 220 g/mol. The molecule has 0 amide bonds. The Labute approximate surface area is 108 Å². The van der Waals surface area contributed by atoms with E-state index in [1.54, 1.807) is 6.20 Å². The van der Waals surface area contributed by atoms with Crippen LogP contribution in [0.25, 0.3) is 0 Å². The van der Waals surface area contributed by atoms with Crippen molar-refractivity contribution < 1.29 is 0 Å². The molecule has 1 saturated carbocycles. The standard InChI is InChI=1S/C16H18N2/c17-15(11-13-5-4-10-18-12-13)16(8-9-16)14-6-2-1-3-7-14/h1-7,10,12,15H,8-9,11,17H2. The van der Waals surface area contributed by atoms with Crippen LogP contribution in [0.4, 0.5) is 0 Å². The van der Waals surface area contributed by atoms with Gasteiger partial charge < -0.3 is 5.73 Å². The quantitative estimate of drug-likeness (QED) is 0.889. The summed E-state index contributed by atoms with van der Waals surface area (Å²) in [5.41, 5.74) is 9.27. The van der Waals surface area contributed by atoms with Crippen molar-refractivity contribution in [1.29, 1.82) is 0 Å². The highest BCUT2D eigenvalue weighted by atomic mass is 14.7. The molecule has 2 heteroatoms. The van der Waals surface area contributed by atoms with E-state index in [0.29, 0.717) is 0 Å². The number of benzene rings is 1. The van der Waals surface area contributed by atoms with Crippen molar-refractivity contribution in [3.05, 3.63) is 66.0 Å². The molecule has 0 radical (unpaired) electrons. The first-order valence-electron chi connectivity index (χ1n) is 6.51. The van der Waals surface area contributed by atoms with Crippen molar-refractivity contribution in [3.63, 3.8) is 0 Å². The maximum atomic E-state index is 6.45. The van der Waals surface area contributed by atoms with E-state index in [1.165, 1.54) is 24.0 Å². The summed E-state index contributed by atoms with van der Waals surface area (Å²) in [5.74, 6) is 0. The second-order valence-electron chi connectivity index (χ2n) is 5.19. The van der Waals surface area contributed by atoms with Crippen molar-refractivity contribution in [2.45, 2.75) is 30.7 Å². The molecule has 0 spiro atoms. The van der Waals surface area contributed by atoms with Gasteiger partial charge in [-0.15, -0.1) is 0 Å². The van der Waals surface area contributed by atoms with E-state index in [2.05, 4.69) is 41.4 Å². The van der Waals surface area contributed by atoms with E-state index < -0.39 is 0 Å². The average molecular weight is 238 g/mol. The lowest BCUT2D eigenvalue weighted by Gasteiger charge is -2.24. The second-order valence-corrected chi connectivity index (χ2v) is 5.19.